The van der Waals surface area contributed by atoms with Crippen molar-refractivity contribution >= 4 is 12.2 Å². The van der Waals surface area contributed by atoms with Gasteiger partial charge >= 0.3 is 17.1 Å². The van der Waals surface area contributed by atoms with E-state index in [-0.39, 0.29) is 17.1 Å². The molecule has 0 bridgehead atoms. The summed E-state index contributed by atoms with van der Waals surface area (Å²) in [5.74, 6) is 0. The summed E-state index contributed by atoms with van der Waals surface area (Å²) in [6.07, 6.45) is -2.30. The molecule has 0 N–H and O–H groups in total. The minimum Gasteiger partial charge on any atom is -0.530 e. The van der Waals surface area contributed by atoms with Gasteiger partial charge in [0.1, 0.15) is 12.2 Å². The van der Waals surface area contributed by atoms with Crippen molar-refractivity contribution in [3.63, 3.8) is 0 Å². The summed E-state index contributed by atoms with van der Waals surface area (Å²) in [6, 6.07) is 38.0. The number of hydrogen-bond acceptors (Lipinski definition) is 4. The van der Waals surface area contributed by atoms with Crippen molar-refractivity contribution in [3.05, 3.63) is 144 Å². The van der Waals surface area contributed by atoms with Crippen LogP contribution in [0, 0.1) is 0 Å². The number of nitrogens with zero attached hydrogens (tertiary/aromatic N) is 2. The van der Waals surface area contributed by atoms with Crippen LogP contribution >= 0.6 is 0 Å². The van der Waals surface area contributed by atoms with Crippen molar-refractivity contribution < 1.29 is 36.9 Å². The number of hydrogen-bond donors (Lipinski definition) is 0. The Balaban J connectivity index is 0.000000253. The summed E-state index contributed by atoms with van der Waals surface area (Å²) in [6.45, 7) is 1.38. The van der Waals surface area contributed by atoms with Crippen LogP contribution < -0.4 is 10.2 Å². The summed E-state index contributed by atoms with van der Waals surface area (Å²) < 4.78 is 0. The van der Waals surface area contributed by atoms with Gasteiger partial charge in [-0.2, -0.15) is 0 Å². The molecule has 0 unspecified atom stereocenters. The van der Waals surface area contributed by atoms with Gasteiger partial charge < -0.3 is 29.6 Å². The number of carbonyl (C=O) groups is 2. The van der Waals surface area contributed by atoms with Crippen LogP contribution in [0.3, 0.4) is 0 Å². The van der Waals surface area contributed by atoms with Gasteiger partial charge in [0, 0.05) is 26.2 Å². The van der Waals surface area contributed by atoms with Crippen LogP contribution in [0.15, 0.2) is 121 Å². The van der Waals surface area contributed by atoms with Crippen LogP contribution in [0.2, 0.25) is 0 Å². The predicted octanol–water partition coefficient (Wildman–Crippen LogP) is 4.06. The molecule has 0 heterocycles. The van der Waals surface area contributed by atoms with E-state index in [2.05, 4.69) is 0 Å². The van der Waals surface area contributed by atoms with Crippen molar-refractivity contribution in [2.24, 2.45) is 0 Å². The molecular formula is C30H28FeN2O4. The number of amides is 2. The molecule has 37 heavy (non-hydrogen) atoms. The van der Waals surface area contributed by atoms with Gasteiger partial charge in [-0.15, -0.1) is 0 Å². The molecule has 6 nitrogen and oxygen atoms in total. The van der Waals surface area contributed by atoms with Gasteiger partial charge in [-0.25, -0.2) is 0 Å². The molecule has 0 atom stereocenters. The molecule has 0 radical (unpaired) electrons. The molecule has 0 saturated heterocycles. The third-order valence-electron chi connectivity index (χ3n) is 5.38. The van der Waals surface area contributed by atoms with Gasteiger partial charge in [0.25, 0.3) is 0 Å². The van der Waals surface area contributed by atoms with Crippen LogP contribution in [0.25, 0.3) is 0 Å². The van der Waals surface area contributed by atoms with Crippen molar-refractivity contribution in [2.45, 2.75) is 26.2 Å². The molecule has 0 fully saturated rings. The first-order valence-electron chi connectivity index (χ1n) is 11.6. The Morgan fingerprint density at radius 1 is 0.432 bits per heavy atom. The molecule has 0 aromatic heterocycles. The van der Waals surface area contributed by atoms with Gasteiger partial charge in [0.05, 0.1) is 0 Å². The summed E-state index contributed by atoms with van der Waals surface area (Å²) in [5.41, 5.74) is 3.82. The maximum atomic E-state index is 11.1. The molecular weight excluding hydrogens is 508 g/mol. The minimum atomic E-state index is -1.15. The van der Waals surface area contributed by atoms with Crippen LogP contribution in [-0.4, -0.2) is 22.0 Å². The van der Waals surface area contributed by atoms with E-state index in [4.69, 9.17) is 0 Å². The Morgan fingerprint density at radius 3 is 0.784 bits per heavy atom. The first kappa shape index (κ1) is 29.2. The minimum absolute atomic E-state index is 0. The Labute approximate surface area is 228 Å². The van der Waals surface area contributed by atoms with Crippen LogP contribution in [0.1, 0.15) is 22.3 Å². The zero-order valence-electron chi connectivity index (χ0n) is 20.3. The third-order valence-corrected chi connectivity index (χ3v) is 5.38. The maximum Gasteiger partial charge on any atom is 2.00 e. The normalized spacial score (nSPS) is 9.73. The number of benzene rings is 4. The summed E-state index contributed by atoms with van der Waals surface area (Å²) in [4.78, 5) is 24.8. The fourth-order valence-corrected chi connectivity index (χ4v) is 3.59. The quantitative estimate of drug-likeness (QED) is 0.318. The van der Waals surface area contributed by atoms with Gasteiger partial charge in [0.15, 0.2) is 0 Å². The van der Waals surface area contributed by atoms with Gasteiger partial charge in [-0.3, -0.25) is 0 Å². The average Bonchev–Trinajstić information content (AvgIpc) is 2.91. The second-order valence-electron chi connectivity index (χ2n) is 8.19. The molecule has 4 aromatic rings. The first-order chi connectivity index (χ1) is 17.5. The van der Waals surface area contributed by atoms with Crippen molar-refractivity contribution in [1.29, 1.82) is 0 Å². The molecule has 0 spiro atoms. The first-order valence-corrected chi connectivity index (χ1v) is 11.6. The van der Waals surface area contributed by atoms with Crippen molar-refractivity contribution in [2.75, 3.05) is 0 Å². The van der Waals surface area contributed by atoms with Gasteiger partial charge in [0.2, 0.25) is 0 Å². The van der Waals surface area contributed by atoms with Crippen molar-refractivity contribution in [1.82, 2.24) is 9.80 Å². The average molecular weight is 536 g/mol. The monoisotopic (exact) mass is 536 g/mol. The molecule has 2 amide bonds. The largest absolute Gasteiger partial charge is 2.00 e. The number of carboxylic acid groups (broad SMARTS) is 2. The van der Waals surface area contributed by atoms with Crippen LogP contribution in [-0.2, 0) is 43.2 Å². The van der Waals surface area contributed by atoms with E-state index in [1.54, 1.807) is 0 Å². The zero-order valence-corrected chi connectivity index (χ0v) is 21.4. The molecule has 190 valence electrons. The smallest absolute Gasteiger partial charge is 0.530 e. The molecule has 0 saturated carbocycles. The van der Waals surface area contributed by atoms with E-state index in [0.29, 0.717) is 26.2 Å². The van der Waals surface area contributed by atoms with Gasteiger partial charge in [-0.05, 0) is 22.3 Å². The Hall–Kier alpha value is -4.06. The Kier molecular flexibility index (Phi) is 12.5. The van der Waals surface area contributed by atoms with E-state index in [9.17, 15) is 19.8 Å². The zero-order chi connectivity index (χ0) is 25.6. The summed E-state index contributed by atoms with van der Waals surface area (Å²) >= 11 is 0. The van der Waals surface area contributed by atoms with E-state index >= 15 is 0 Å². The Morgan fingerprint density at radius 2 is 0.622 bits per heavy atom. The standard InChI is InChI=1S/2C15H15NO2.Fe/c2*17-15(18)16(11-13-7-3-1-4-8-13)12-14-9-5-2-6-10-14;/h2*1-10H,11-12H2,(H,17,18);/q;;+2/p-2. The van der Waals surface area contributed by atoms with E-state index in [0.717, 1.165) is 22.3 Å². The molecule has 0 aliphatic heterocycles. The molecule has 7 heteroatoms. The van der Waals surface area contributed by atoms with E-state index in [1.165, 1.54) is 9.80 Å². The molecule has 4 aromatic carbocycles. The predicted molar refractivity (Wildman–Crippen MR) is 135 cm³/mol. The molecule has 0 aliphatic carbocycles. The Bertz CT molecular complexity index is 1010. The number of carbonyl (C=O) groups excluding carboxylic acids is 2. The third kappa shape index (κ3) is 10.6. The second-order valence-corrected chi connectivity index (χ2v) is 8.19. The number of rotatable bonds is 8. The summed E-state index contributed by atoms with van der Waals surface area (Å²) in [5, 5.41) is 22.2. The van der Waals surface area contributed by atoms with Crippen LogP contribution in [0.5, 0.6) is 0 Å². The fraction of sp³-hybridized carbons (Fsp3) is 0.133. The fourth-order valence-electron chi connectivity index (χ4n) is 3.59. The van der Waals surface area contributed by atoms with Crippen LogP contribution in [0.4, 0.5) is 9.59 Å². The topological polar surface area (TPSA) is 86.7 Å². The summed E-state index contributed by atoms with van der Waals surface area (Å²) in [7, 11) is 0. The SMILES string of the molecule is O=C([O-])N(Cc1ccccc1)Cc1ccccc1.O=C([O-])N(Cc1ccccc1)Cc1ccccc1.[Fe+2]. The molecule has 4 rings (SSSR count). The maximum absolute atomic E-state index is 11.1. The van der Waals surface area contributed by atoms with E-state index in [1.807, 2.05) is 121 Å². The van der Waals surface area contributed by atoms with Gasteiger partial charge in [-0.1, -0.05) is 121 Å². The van der Waals surface area contributed by atoms with E-state index < -0.39 is 12.2 Å². The van der Waals surface area contributed by atoms with Crippen molar-refractivity contribution in [3.8, 4) is 0 Å². The second kappa shape index (κ2) is 15.8. The molecule has 0 aliphatic rings.